The summed E-state index contributed by atoms with van der Waals surface area (Å²) in [6, 6.07) is 5.70. The smallest absolute Gasteiger partial charge is 0.262 e. The van der Waals surface area contributed by atoms with Crippen molar-refractivity contribution in [1.29, 1.82) is 0 Å². The van der Waals surface area contributed by atoms with E-state index in [1.54, 1.807) is 0 Å². The van der Waals surface area contributed by atoms with Gasteiger partial charge in [-0.2, -0.15) is 0 Å². The highest BCUT2D eigenvalue weighted by Crippen LogP contribution is 2.33. The lowest BCUT2D eigenvalue weighted by Gasteiger charge is -2.12. The molecule has 0 saturated carbocycles. The van der Waals surface area contributed by atoms with Crippen LogP contribution < -0.4 is 10.5 Å². The first-order valence-corrected chi connectivity index (χ1v) is 8.05. The van der Waals surface area contributed by atoms with Crippen LogP contribution in [0.25, 0.3) is 0 Å². The molecule has 2 rings (SSSR count). The van der Waals surface area contributed by atoms with E-state index in [0.717, 1.165) is 12.1 Å². The molecule has 0 bridgehead atoms. The molecule has 0 aromatic heterocycles. The molecule has 0 heterocycles. The van der Waals surface area contributed by atoms with Gasteiger partial charge in [-0.25, -0.2) is 12.8 Å². The second-order valence-electron chi connectivity index (χ2n) is 4.03. The normalized spacial score (nSPS) is 11.4. The Morgan fingerprint density at radius 3 is 2.10 bits per heavy atom. The predicted molar refractivity (Wildman–Crippen MR) is 83.1 cm³/mol. The summed E-state index contributed by atoms with van der Waals surface area (Å²) in [6.45, 7) is 0. The van der Waals surface area contributed by atoms with Gasteiger partial charge in [0.15, 0.2) is 0 Å². The van der Waals surface area contributed by atoms with E-state index in [9.17, 15) is 12.8 Å². The maximum atomic E-state index is 13.1. The fourth-order valence-corrected chi connectivity index (χ4v) is 3.55. The number of halogens is 4. The van der Waals surface area contributed by atoms with E-state index in [1.165, 1.54) is 18.2 Å². The molecule has 0 aliphatic rings. The van der Waals surface area contributed by atoms with Crippen molar-refractivity contribution in [1.82, 2.24) is 0 Å². The maximum absolute atomic E-state index is 13.1. The SMILES string of the molecule is Nc1ccc(S(=O)(=O)Nc2c(Cl)cc(F)cc2Cl)cc1Cl. The Morgan fingerprint density at radius 1 is 1.00 bits per heavy atom. The van der Waals surface area contributed by atoms with Crippen molar-refractivity contribution >= 4 is 56.2 Å². The fraction of sp³-hybridized carbons (Fsp3) is 0. The number of sulfonamides is 1. The molecule has 0 amide bonds. The van der Waals surface area contributed by atoms with Gasteiger partial charge in [0.1, 0.15) is 5.82 Å². The lowest BCUT2D eigenvalue weighted by atomic mass is 10.3. The summed E-state index contributed by atoms with van der Waals surface area (Å²) in [5.74, 6) is -0.677. The highest BCUT2D eigenvalue weighted by molar-refractivity contribution is 7.92. The number of nitrogens with two attached hydrogens (primary N) is 1. The van der Waals surface area contributed by atoms with Crippen LogP contribution in [0.5, 0.6) is 0 Å². The minimum Gasteiger partial charge on any atom is -0.398 e. The van der Waals surface area contributed by atoms with Crippen LogP contribution >= 0.6 is 34.8 Å². The van der Waals surface area contributed by atoms with Gasteiger partial charge in [-0.3, -0.25) is 4.72 Å². The van der Waals surface area contributed by atoms with Gasteiger partial charge in [0.05, 0.1) is 31.3 Å². The standard InChI is InChI=1S/C12H8Cl3FN2O2S/c13-8-5-7(1-2-11(8)17)21(19,20)18-12-9(14)3-6(16)4-10(12)15/h1-5,18H,17H2. The Hall–Kier alpha value is -1.21. The molecule has 0 fully saturated rings. The maximum Gasteiger partial charge on any atom is 0.262 e. The van der Waals surface area contributed by atoms with Gasteiger partial charge in [0.25, 0.3) is 10.0 Å². The van der Waals surface area contributed by atoms with E-state index >= 15 is 0 Å². The van der Waals surface area contributed by atoms with Crippen LogP contribution in [0.15, 0.2) is 35.2 Å². The summed E-state index contributed by atoms with van der Waals surface area (Å²) in [5, 5.41) is -0.232. The van der Waals surface area contributed by atoms with Gasteiger partial charge >= 0.3 is 0 Å². The zero-order valence-corrected chi connectivity index (χ0v) is 13.3. The average molecular weight is 370 g/mol. The summed E-state index contributed by atoms with van der Waals surface area (Å²) >= 11 is 17.4. The first-order chi connectivity index (χ1) is 9.70. The molecule has 9 heteroatoms. The highest BCUT2D eigenvalue weighted by Gasteiger charge is 2.19. The van der Waals surface area contributed by atoms with Crippen LogP contribution in [0.2, 0.25) is 15.1 Å². The molecule has 0 saturated heterocycles. The third-order valence-corrected chi connectivity index (χ3v) is 4.80. The van der Waals surface area contributed by atoms with Crippen LogP contribution in [-0.4, -0.2) is 8.42 Å². The van der Waals surface area contributed by atoms with Crippen molar-refractivity contribution in [2.24, 2.45) is 0 Å². The topological polar surface area (TPSA) is 72.2 Å². The Bertz CT molecular complexity index is 789. The first-order valence-electron chi connectivity index (χ1n) is 5.43. The third-order valence-electron chi connectivity index (χ3n) is 2.53. The zero-order valence-electron chi connectivity index (χ0n) is 10.2. The monoisotopic (exact) mass is 368 g/mol. The number of hydrogen-bond acceptors (Lipinski definition) is 3. The van der Waals surface area contributed by atoms with Crippen molar-refractivity contribution in [2.75, 3.05) is 10.5 Å². The summed E-state index contributed by atoms with van der Waals surface area (Å²) in [4.78, 5) is -0.127. The summed E-state index contributed by atoms with van der Waals surface area (Å²) < 4.78 is 39.7. The molecule has 21 heavy (non-hydrogen) atoms. The predicted octanol–water partition coefficient (Wildman–Crippen LogP) is 4.17. The molecule has 0 spiro atoms. The van der Waals surface area contributed by atoms with Gasteiger partial charge < -0.3 is 5.73 Å². The van der Waals surface area contributed by atoms with Crippen LogP contribution in [0.1, 0.15) is 0 Å². The van der Waals surface area contributed by atoms with Gasteiger partial charge in [-0.05, 0) is 30.3 Å². The largest absolute Gasteiger partial charge is 0.398 e. The summed E-state index contributed by atoms with van der Waals surface area (Å²) in [7, 11) is -3.99. The highest BCUT2D eigenvalue weighted by atomic mass is 35.5. The molecule has 0 atom stereocenters. The van der Waals surface area contributed by atoms with Gasteiger partial charge in [-0.1, -0.05) is 34.8 Å². The van der Waals surface area contributed by atoms with Crippen LogP contribution in [0.3, 0.4) is 0 Å². The quantitative estimate of drug-likeness (QED) is 0.798. The Kier molecular flexibility index (Phi) is 4.53. The van der Waals surface area contributed by atoms with E-state index in [0.29, 0.717) is 0 Å². The lowest BCUT2D eigenvalue weighted by molar-refractivity contribution is 0.601. The summed E-state index contributed by atoms with van der Waals surface area (Å²) in [5.41, 5.74) is 5.64. The second-order valence-corrected chi connectivity index (χ2v) is 6.94. The Morgan fingerprint density at radius 2 is 1.57 bits per heavy atom. The lowest BCUT2D eigenvalue weighted by Crippen LogP contribution is -2.14. The molecule has 3 N–H and O–H groups in total. The molecule has 4 nitrogen and oxygen atoms in total. The molecule has 0 unspecified atom stereocenters. The van der Waals surface area contributed by atoms with E-state index in [1.807, 2.05) is 0 Å². The molecular formula is C12H8Cl3FN2O2S. The fourth-order valence-electron chi connectivity index (χ4n) is 1.51. The van der Waals surface area contributed by atoms with E-state index in [2.05, 4.69) is 4.72 Å². The van der Waals surface area contributed by atoms with Crippen LogP contribution in [0, 0.1) is 5.82 Å². The molecule has 0 aliphatic carbocycles. The van der Waals surface area contributed by atoms with Crippen molar-refractivity contribution in [2.45, 2.75) is 4.90 Å². The van der Waals surface area contributed by atoms with Crippen molar-refractivity contribution in [3.63, 3.8) is 0 Å². The number of benzene rings is 2. The summed E-state index contributed by atoms with van der Waals surface area (Å²) in [6.07, 6.45) is 0. The molecule has 0 radical (unpaired) electrons. The number of nitrogens with one attached hydrogen (secondary N) is 1. The third kappa shape index (κ3) is 3.52. The number of anilines is 2. The van der Waals surface area contributed by atoms with Gasteiger partial charge in [0.2, 0.25) is 0 Å². The number of rotatable bonds is 3. The Labute approximate surface area is 135 Å². The van der Waals surface area contributed by atoms with Gasteiger partial charge in [-0.15, -0.1) is 0 Å². The van der Waals surface area contributed by atoms with Gasteiger partial charge in [0, 0.05) is 0 Å². The zero-order chi connectivity index (χ0) is 15.8. The van der Waals surface area contributed by atoms with Crippen LogP contribution in [0.4, 0.5) is 15.8 Å². The number of hydrogen-bond donors (Lipinski definition) is 2. The number of nitrogen functional groups attached to an aromatic ring is 1. The van der Waals surface area contributed by atoms with Crippen LogP contribution in [-0.2, 0) is 10.0 Å². The van der Waals surface area contributed by atoms with Crippen molar-refractivity contribution in [3.05, 3.63) is 51.2 Å². The molecule has 2 aromatic carbocycles. The van der Waals surface area contributed by atoms with E-state index in [-0.39, 0.29) is 31.3 Å². The second kappa shape index (κ2) is 5.88. The van der Waals surface area contributed by atoms with Crippen molar-refractivity contribution < 1.29 is 12.8 Å². The van der Waals surface area contributed by atoms with E-state index < -0.39 is 15.8 Å². The molecule has 2 aromatic rings. The molecular weight excluding hydrogens is 362 g/mol. The minimum absolute atomic E-state index is 0.0918. The van der Waals surface area contributed by atoms with Crippen molar-refractivity contribution in [3.8, 4) is 0 Å². The molecule has 112 valence electrons. The Balaban J connectivity index is 2.44. The van der Waals surface area contributed by atoms with E-state index in [4.69, 9.17) is 40.5 Å². The first kappa shape index (κ1) is 16.2. The molecule has 0 aliphatic heterocycles. The average Bonchev–Trinajstić information content (AvgIpc) is 2.37. The minimum atomic E-state index is -3.99.